The van der Waals surface area contributed by atoms with Crippen LogP contribution in [0.1, 0.15) is 57.6 Å². The molecule has 1 saturated carbocycles. The van der Waals surface area contributed by atoms with Gasteiger partial charge in [0.1, 0.15) is 5.75 Å². The van der Waals surface area contributed by atoms with Gasteiger partial charge in [0.05, 0.1) is 11.6 Å². The summed E-state index contributed by atoms with van der Waals surface area (Å²) in [5, 5.41) is 20.0. The molecule has 2 N–H and O–H groups in total. The van der Waals surface area contributed by atoms with E-state index in [1.165, 1.54) is 0 Å². The van der Waals surface area contributed by atoms with Gasteiger partial charge in [-0.15, -0.1) is 0 Å². The average molecular weight is 343 g/mol. The smallest absolute Gasteiger partial charge is 0.290 e. The molecule has 1 aromatic carbocycles. The fourth-order valence-corrected chi connectivity index (χ4v) is 3.93. The molecule has 0 spiro atoms. The fraction of sp³-hybridized carbons (Fsp3) is 0.500. The van der Waals surface area contributed by atoms with Crippen LogP contribution in [0.5, 0.6) is 5.75 Å². The maximum atomic E-state index is 12.8. The van der Waals surface area contributed by atoms with Crippen LogP contribution in [-0.2, 0) is 9.59 Å². The number of aliphatic hydroxyl groups excluding tert-OH is 1. The van der Waals surface area contributed by atoms with Gasteiger partial charge in [0.15, 0.2) is 11.5 Å². The first-order chi connectivity index (χ1) is 11.9. The number of ketones is 1. The molecule has 5 nitrogen and oxygen atoms in total. The Morgan fingerprint density at radius 3 is 2.32 bits per heavy atom. The van der Waals surface area contributed by atoms with Crippen LogP contribution < -0.4 is 0 Å². The van der Waals surface area contributed by atoms with E-state index in [0.717, 1.165) is 31.2 Å². The standard InChI is InChI=1S/C20H25NO4/c1-12(2)11-16(23)17-18(13-7-9-15(22)10-8-13)21(20(25)19(17)24)14-5-3-4-6-14/h7-10,12,14,18,22,24H,3-6,11H2,1-2H3. The summed E-state index contributed by atoms with van der Waals surface area (Å²) in [5.41, 5.74) is 0.950. The number of benzene rings is 1. The molecule has 5 heteroatoms. The number of amides is 1. The minimum Gasteiger partial charge on any atom is -0.508 e. The SMILES string of the molecule is CC(C)CC(=O)C1=C(O)C(=O)N(C2CCCC2)C1c1ccc(O)cc1. The first-order valence-corrected chi connectivity index (χ1v) is 8.98. The fourth-order valence-electron chi connectivity index (χ4n) is 3.93. The van der Waals surface area contributed by atoms with E-state index in [4.69, 9.17) is 0 Å². The van der Waals surface area contributed by atoms with Crippen molar-refractivity contribution >= 4 is 11.7 Å². The van der Waals surface area contributed by atoms with Gasteiger partial charge in [-0.2, -0.15) is 0 Å². The van der Waals surface area contributed by atoms with Crippen LogP contribution in [0.2, 0.25) is 0 Å². The minimum absolute atomic E-state index is 0.0396. The summed E-state index contributed by atoms with van der Waals surface area (Å²) < 4.78 is 0. The van der Waals surface area contributed by atoms with Crippen LogP contribution in [0.3, 0.4) is 0 Å². The highest BCUT2D eigenvalue weighted by Gasteiger charge is 2.46. The Hall–Kier alpha value is -2.30. The number of aliphatic hydroxyl groups is 1. The number of aromatic hydroxyl groups is 1. The lowest BCUT2D eigenvalue weighted by molar-refractivity contribution is -0.131. The first-order valence-electron chi connectivity index (χ1n) is 8.98. The van der Waals surface area contributed by atoms with Gasteiger partial charge in [0, 0.05) is 12.5 Å². The van der Waals surface area contributed by atoms with Crippen molar-refractivity contribution in [1.82, 2.24) is 4.90 Å². The van der Waals surface area contributed by atoms with E-state index in [1.54, 1.807) is 29.2 Å². The van der Waals surface area contributed by atoms with Gasteiger partial charge in [0.25, 0.3) is 5.91 Å². The second kappa shape index (κ2) is 6.90. The summed E-state index contributed by atoms with van der Waals surface area (Å²) in [6.07, 6.45) is 4.16. The Morgan fingerprint density at radius 2 is 1.76 bits per heavy atom. The molecule has 134 valence electrons. The van der Waals surface area contributed by atoms with Crippen LogP contribution in [0.15, 0.2) is 35.6 Å². The third-order valence-corrected chi connectivity index (χ3v) is 5.06. The highest BCUT2D eigenvalue weighted by atomic mass is 16.3. The van der Waals surface area contributed by atoms with Crippen molar-refractivity contribution in [2.75, 3.05) is 0 Å². The Bertz CT molecular complexity index is 699. The van der Waals surface area contributed by atoms with E-state index in [9.17, 15) is 19.8 Å². The second-order valence-corrected chi connectivity index (χ2v) is 7.43. The zero-order valence-electron chi connectivity index (χ0n) is 14.7. The van der Waals surface area contributed by atoms with Crippen molar-refractivity contribution in [3.05, 3.63) is 41.2 Å². The van der Waals surface area contributed by atoms with Crippen LogP contribution in [0.4, 0.5) is 0 Å². The quantitative estimate of drug-likeness (QED) is 0.855. The van der Waals surface area contributed by atoms with Gasteiger partial charge in [-0.3, -0.25) is 9.59 Å². The van der Waals surface area contributed by atoms with Crippen molar-refractivity contribution in [3.63, 3.8) is 0 Å². The number of phenolic OH excluding ortho intramolecular Hbond substituents is 1. The Morgan fingerprint density at radius 1 is 1.16 bits per heavy atom. The van der Waals surface area contributed by atoms with Gasteiger partial charge < -0.3 is 15.1 Å². The molecule has 1 unspecified atom stereocenters. The zero-order chi connectivity index (χ0) is 18.1. The summed E-state index contributed by atoms with van der Waals surface area (Å²) in [6.45, 7) is 3.88. The van der Waals surface area contributed by atoms with Gasteiger partial charge >= 0.3 is 0 Å². The van der Waals surface area contributed by atoms with Gasteiger partial charge in [0.2, 0.25) is 0 Å². The van der Waals surface area contributed by atoms with Crippen LogP contribution >= 0.6 is 0 Å². The first kappa shape index (κ1) is 17.5. The van der Waals surface area contributed by atoms with Gasteiger partial charge in [-0.05, 0) is 36.5 Å². The number of carbonyl (C=O) groups excluding carboxylic acids is 2. The lowest BCUT2D eigenvalue weighted by atomic mass is 9.91. The van der Waals surface area contributed by atoms with E-state index in [0.29, 0.717) is 6.42 Å². The molecule has 1 heterocycles. The van der Waals surface area contributed by atoms with Gasteiger partial charge in [-0.25, -0.2) is 0 Å². The Kier molecular flexibility index (Phi) is 4.84. The Labute approximate surface area is 148 Å². The molecule has 0 radical (unpaired) electrons. The number of rotatable bonds is 5. The molecule has 3 rings (SSSR count). The summed E-state index contributed by atoms with van der Waals surface area (Å²) in [7, 11) is 0. The summed E-state index contributed by atoms with van der Waals surface area (Å²) >= 11 is 0. The van der Waals surface area contributed by atoms with E-state index >= 15 is 0 Å². The van der Waals surface area contributed by atoms with Crippen molar-refractivity contribution in [1.29, 1.82) is 0 Å². The number of phenols is 1. The number of hydrogen-bond acceptors (Lipinski definition) is 4. The molecule has 1 aliphatic heterocycles. The normalized spacial score (nSPS) is 21.6. The predicted octanol–water partition coefficient (Wildman–Crippen LogP) is 3.65. The van der Waals surface area contributed by atoms with Crippen molar-refractivity contribution in [3.8, 4) is 5.75 Å². The maximum Gasteiger partial charge on any atom is 0.290 e. The molecule has 1 fully saturated rings. The van der Waals surface area contributed by atoms with Crippen molar-refractivity contribution in [2.24, 2.45) is 5.92 Å². The molecule has 0 bridgehead atoms. The third-order valence-electron chi connectivity index (χ3n) is 5.06. The molecular formula is C20H25NO4. The number of hydrogen-bond donors (Lipinski definition) is 2. The Balaban J connectivity index is 2.04. The van der Waals surface area contributed by atoms with E-state index < -0.39 is 17.7 Å². The maximum absolute atomic E-state index is 12.8. The predicted molar refractivity (Wildman–Crippen MR) is 94.1 cm³/mol. The van der Waals surface area contributed by atoms with Crippen LogP contribution in [-0.4, -0.2) is 32.8 Å². The molecule has 2 aliphatic rings. The van der Waals surface area contributed by atoms with Crippen LogP contribution in [0, 0.1) is 5.92 Å². The van der Waals surface area contributed by atoms with Gasteiger partial charge in [-0.1, -0.05) is 38.8 Å². The number of carbonyl (C=O) groups is 2. The lowest BCUT2D eigenvalue weighted by Crippen LogP contribution is -2.38. The molecule has 1 atom stereocenters. The molecule has 1 aromatic rings. The average Bonchev–Trinajstić information content (AvgIpc) is 3.15. The van der Waals surface area contributed by atoms with E-state index in [1.807, 2.05) is 13.8 Å². The highest BCUT2D eigenvalue weighted by molar-refractivity contribution is 6.09. The molecule has 25 heavy (non-hydrogen) atoms. The molecule has 1 aliphatic carbocycles. The van der Waals surface area contributed by atoms with Crippen molar-refractivity contribution < 1.29 is 19.8 Å². The molecule has 1 amide bonds. The topological polar surface area (TPSA) is 77.8 Å². The highest BCUT2D eigenvalue weighted by Crippen LogP contribution is 2.43. The van der Waals surface area contributed by atoms with E-state index in [-0.39, 0.29) is 29.1 Å². The summed E-state index contributed by atoms with van der Waals surface area (Å²) in [4.78, 5) is 27.2. The lowest BCUT2D eigenvalue weighted by Gasteiger charge is -2.32. The number of nitrogens with zero attached hydrogens (tertiary/aromatic N) is 1. The molecule has 0 aromatic heterocycles. The largest absolute Gasteiger partial charge is 0.508 e. The molecular weight excluding hydrogens is 318 g/mol. The van der Waals surface area contributed by atoms with Crippen molar-refractivity contribution in [2.45, 2.75) is 58.0 Å². The summed E-state index contributed by atoms with van der Waals surface area (Å²) in [5.74, 6) is -0.764. The summed E-state index contributed by atoms with van der Waals surface area (Å²) in [6, 6.07) is 6.01. The second-order valence-electron chi connectivity index (χ2n) is 7.43. The monoisotopic (exact) mass is 343 g/mol. The van der Waals surface area contributed by atoms with Crippen LogP contribution in [0.25, 0.3) is 0 Å². The zero-order valence-corrected chi connectivity index (χ0v) is 14.7. The van der Waals surface area contributed by atoms with E-state index in [2.05, 4.69) is 0 Å². The molecule has 0 saturated heterocycles. The minimum atomic E-state index is -0.567. The number of Topliss-reactive ketones (excluding diaryl/α,β-unsaturated/α-hetero) is 1. The third kappa shape index (κ3) is 3.28.